The molecule has 0 saturated heterocycles. The van der Waals surface area contributed by atoms with Crippen molar-refractivity contribution in [2.75, 3.05) is 18.4 Å². The second-order valence-corrected chi connectivity index (χ2v) is 5.12. The predicted molar refractivity (Wildman–Crippen MR) is 85.0 cm³/mol. The van der Waals surface area contributed by atoms with E-state index in [1.165, 1.54) is 12.8 Å². The summed E-state index contributed by atoms with van der Waals surface area (Å²) in [6.07, 6.45) is 6.21. The van der Waals surface area contributed by atoms with Crippen molar-refractivity contribution in [1.29, 1.82) is 0 Å². The molecule has 0 radical (unpaired) electrons. The van der Waals surface area contributed by atoms with Crippen LogP contribution in [0, 0.1) is 5.92 Å². The number of carbonyl (C=O) groups is 1. The van der Waals surface area contributed by atoms with E-state index in [-0.39, 0.29) is 18.3 Å². The molecule has 3 rings (SSSR count). The van der Waals surface area contributed by atoms with Crippen LogP contribution in [0.4, 0.5) is 5.69 Å². The van der Waals surface area contributed by atoms with Gasteiger partial charge in [0.05, 0.1) is 12.2 Å². The SMILES string of the molecule is Cl.O=C(CNCC1CC1)Nc1ccc(-n2cccn2)cc1. The molecule has 6 heteroatoms. The first-order valence-corrected chi connectivity index (χ1v) is 6.92. The molecule has 0 bridgehead atoms. The third-order valence-corrected chi connectivity index (χ3v) is 3.34. The summed E-state index contributed by atoms with van der Waals surface area (Å²) in [6.45, 7) is 1.32. The molecule has 1 aromatic heterocycles. The summed E-state index contributed by atoms with van der Waals surface area (Å²) >= 11 is 0. The van der Waals surface area contributed by atoms with E-state index in [0.29, 0.717) is 6.54 Å². The van der Waals surface area contributed by atoms with Crippen LogP contribution in [0.5, 0.6) is 0 Å². The van der Waals surface area contributed by atoms with Crippen molar-refractivity contribution in [1.82, 2.24) is 15.1 Å². The monoisotopic (exact) mass is 306 g/mol. The van der Waals surface area contributed by atoms with Gasteiger partial charge in [-0.15, -0.1) is 12.4 Å². The molecule has 0 spiro atoms. The fraction of sp³-hybridized carbons (Fsp3) is 0.333. The van der Waals surface area contributed by atoms with Crippen LogP contribution in [-0.2, 0) is 4.79 Å². The van der Waals surface area contributed by atoms with Gasteiger partial charge in [-0.05, 0) is 55.6 Å². The largest absolute Gasteiger partial charge is 0.325 e. The average molecular weight is 307 g/mol. The van der Waals surface area contributed by atoms with E-state index in [1.807, 2.05) is 36.5 Å². The minimum atomic E-state index is -0.00232. The van der Waals surface area contributed by atoms with Gasteiger partial charge in [-0.25, -0.2) is 4.68 Å². The molecule has 1 aliphatic carbocycles. The van der Waals surface area contributed by atoms with Crippen molar-refractivity contribution in [3.8, 4) is 5.69 Å². The molecule has 1 aromatic carbocycles. The molecule has 1 saturated carbocycles. The Labute approximate surface area is 130 Å². The molecule has 2 aromatic rings. The quantitative estimate of drug-likeness (QED) is 0.860. The maximum Gasteiger partial charge on any atom is 0.238 e. The number of anilines is 1. The fourth-order valence-electron chi connectivity index (χ4n) is 2.04. The predicted octanol–water partition coefficient (Wildman–Crippen LogP) is 2.23. The number of aromatic nitrogens is 2. The first-order chi connectivity index (χ1) is 9.81. The second-order valence-electron chi connectivity index (χ2n) is 5.12. The number of carbonyl (C=O) groups excluding carboxylic acids is 1. The van der Waals surface area contributed by atoms with Gasteiger partial charge in [-0.1, -0.05) is 0 Å². The van der Waals surface area contributed by atoms with Crippen molar-refractivity contribution in [2.24, 2.45) is 5.92 Å². The summed E-state index contributed by atoms with van der Waals surface area (Å²) in [7, 11) is 0. The Morgan fingerprint density at radius 1 is 1.29 bits per heavy atom. The van der Waals surface area contributed by atoms with E-state index in [9.17, 15) is 4.79 Å². The number of benzene rings is 1. The molecule has 112 valence electrons. The van der Waals surface area contributed by atoms with Gasteiger partial charge in [0.15, 0.2) is 0 Å². The van der Waals surface area contributed by atoms with Crippen LogP contribution >= 0.6 is 12.4 Å². The summed E-state index contributed by atoms with van der Waals surface area (Å²) < 4.78 is 1.78. The zero-order valence-electron chi connectivity index (χ0n) is 11.7. The molecule has 5 nitrogen and oxygen atoms in total. The van der Waals surface area contributed by atoms with Crippen LogP contribution < -0.4 is 10.6 Å². The van der Waals surface area contributed by atoms with E-state index in [0.717, 1.165) is 23.8 Å². The number of nitrogens with zero attached hydrogens (tertiary/aromatic N) is 2. The van der Waals surface area contributed by atoms with Crippen LogP contribution in [-0.4, -0.2) is 28.8 Å². The Kier molecular flexibility index (Phi) is 5.36. The maximum absolute atomic E-state index is 11.7. The minimum absolute atomic E-state index is 0. The van der Waals surface area contributed by atoms with Crippen molar-refractivity contribution >= 4 is 24.0 Å². The van der Waals surface area contributed by atoms with Crippen LogP contribution in [0.25, 0.3) is 5.69 Å². The molecule has 0 atom stereocenters. The highest BCUT2D eigenvalue weighted by Crippen LogP contribution is 2.27. The van der Waals surface area contributed by atoms with E-state index >= 15 is 0 Å². The first-order valence-electron chi connectivity index (χ1n) is 6.92. The van der Waals surface area contributed by atoms with Gasteiger partial charge in [-0.3, -0.25) is 4.79 Å². The smallest absolute Gasteiger partial charge is 0.238 e. The van der Waals surface area contributed by atoms with Gasteiger partial charge in [0, 0.05) is 18.1 Å². The molecular weight excluding hydrogens is 288 g/mol. The standard InChI is InChI=1S/C15H18N4O.ClH/c20-15(11-16-10-12-2-3-12)18-13-4-6-14(7-5-13)19-9-1-8-17-19;/h1,4-9,12,16H,2-3,10-11H2,(H,18,20);1H. The topological polar surface area (TPSA) is 59.0 Å². The van der Waals surface area contributed by atoms with Gasteiger partial charge in [-0.2, -0.15) is 5.10 Å². The Balaban J connectivity index is 0.00000161. The molecule has 21 heavy (non-hydrogen) atoms. The van der Waals surface area contributed by atoms with E-state index in [1.54, 1.807) is 10.9 Å². The second kappa shape index (κ2) is 7.24. The lowest BCUT2D eigenvalue weighted by Gasteiger charge is -2.07. The first kappa shape index (κ1) is 15.5. The van der Waals surface area contributed by atoms with E-state index < -0.39 is 0 Å². The van der Waals surface area contributed by atoms with Crippen LogP contribution in [0.3, 0.4) is 0 Å². The van der Waals surface area contributed by atoms with Crippen molar-refractivity contribution in [3.63, 3.8) is 0 Å². The lowest BCUT2D eigenvalue weighted by Crippen LogP contribution is -2.29. The average Bonchev–Trinajstić information content (AvgIpc) is 3.11. The lowest BCUT2D eigenvalue weighted by molar-refractivity contribution is -0.115. The van der Waals surface area contributed by atoms with Gasteiger partial charge >= 0.3 is 0 Å². The van der Waals surface area contributed by atoms with Crippen molar-refractivity contribution in [3.05, 3.63) is 42.7 Å². The Bertz CT molecular complexity index is 564. The molecule has 0 aliphatic heterocycles. The third kappa shape index (κ3) is 4.58. The number of amides is 1. The van der Waals surface area contributed by atoms with Crippen LogP contribution in [0.15, 0.2) is 42.7 Å². The highest BCUT2D eigenvalue weighted by atomic mass is 35.5. The summed E-state index contributed by atoms with van der Waals surface area (Å²) in [5, 5.41) is 10.2. The molecule has 1 heterocycles. The third-order valence-electron chi connectivity index (χ3n) is 3.34. The Morgan fingerprint density at radius 3 is 2.67 bits per heavy atom. The van der Waals surface area contributed by atoms with Crippen LogP contribution in [0.2, 0.25) is 0 Å². The number of halogens is 1. The van der Waals surface area contributed by atoms with Gasteiger partial charge in [0.1, 0.15) is 0 Å². The highest BCUT2D eigenvalue weighted by Gasteiger charge is 2.20. The zero-order valence-corrected chi connectivity index (χ0v) is 12.5. The Morgan fingerprint density at radius 2 is 2.05 bits per heavy atom. The van der Waals surface area contributed by atoms with Gasteiger partial charge in [0.2, 0.25) is 5.91 Å². The van der Waals surface area contributed by atoms with Gasteiger partial charge < -0.3 is 10.6 Å². The minimum Gasteiger partial charge on any atom is -0.325 e. The summed E-state index contributed by atoms with van der Waals surface area (Å²) in [5.74, 6) is 0.786. The molecular formula is C15H19ClN4O. The summed E-state index contributed by atoms with van der Waals surface area (Å²) in [6, 6.07) is 9.51. The number of nitrogens with one attached hydrogen (secondary N) is 2. The zero-order chi connectivity index (χ0) is 13.8. The maximum atomic E-state index is 11.7. The summed E-state index contributed by atoms with van der Waals surface area (Å²) in [5.41, 5.74) is 1.78. The molecule has 2 N–H and O–H groups in total. The molecule has 0 unspecified atom stereocenters. The lowest BCUT2D eigenvalue weighted by atomic mass is 10.3. The molecule has 1 amide bonds. The number of hydrogen-bond acceptors (Lipinski definition) is 3. The molecule has 1 fully saturated rings. The van der Waals surface area contributed by atoms with Crippen molar-refractivity contribution < 1.29 is 4.79 Å². The molecule has 1 aliphatic rings. The number of hydrogen-bond donors (Lipinski definition) is 2. The Hall–Kier alpha value is -1.85. The highest BCUT2D eigenvalue weighted by molar-refractivity contribution is 5.92. The van der Waals surface area contributed by atoms with E-state index in [4.69, 9.17) is 0 Å². The van der Waals surface area contributed by atoms with E-state index in [2.05, 4.69) is 15.7 Å². The van der Waals surface area contributed by atoms with Crippen molar-refractivity contribution in [2.45, 2.75) is 12.8 Å². The van der Waals surface area contributed by atoms with Crippen LogP contribution in [0.1, 0.15) is 12.8 Å². The fourth-order valence-corrected chi connectivity index (χ4v) is 2.04. The normalized spacial score (nSPS) is 13.5. The number of rotatable bonds is 6. The van der Waals surface area contributed by atoms with Gasteiger partial charge in [0.25, 0.3) is 0 Å². The summed E-state index contributed by atoms with van der Waals surface area (Å²) in [4.78, 5) is 11.7.